The van der Waals surface area contributed by atoms with Crippen molar-refractivity contribution in [3.63, 3.8) is 0 Å². The van der Waals surface area contributed by atoms with Gasteiger partial charge >= 0.3 is 0 Å². The van der Waals surface area contributed by atoms with Crippen molar-refractivity contribution >= 4 is 11.7 Å². The molecule has 0 saturated heterocycles. The topological polar surface area (TPSA) is 60.2 Å². The van der Waals surface area contributed by atoms with Crippen LogP contribution in [-0.4, -0.2) is 11.7 Å². The van der Waals surface area contributed by atoms with Crippen LogP contribution in [0.1, 0.15) is 27.6 Å². The van der Waals surface area contributed by atoms with Crippen molar-refractivity contribution in [1.29, 1.82) is 0 Å². The number of carbonyl (C=O) groups is 2. The number of hydrogen-bond acceptors (Lipinski definition) is 2. The van der Waals surface area contributed by atoms with Crippen LogP contribution >= 0.6 is 0 Å². The quantitative estimate of drug-likeness (QED) is 0.661. The number of ketones is 1. The van der Waals surface area contributed by atoms with E-state index in [2.05, 4.69) is 0 Å². The van der Waals surface area contributed by atoms with Gasteiger partial charge in [0.2, 0.25) is 5.91 Å². The third kappa shape index (κ3) is 1.69. The molecule has 1 rings (SSSR count). The van der Waals surface area contributed by atoms with E-state index in [-0.39, 0.29) is 5.78 Å². The number of Topliss-reactive ketones (excluding diaryl/α,β-unsaturated/α-hetero) is 1. The summed E-state index contributed by atoms with van der Waals surface area (Å²) >= 11 is 0. The molecule has 62 valence electrons. The van der Waals surface area contributed by atoms with Gasteiger partial charge in [0.1, 0.15) is 0 Å². The Morgan fingerprint density at radius 1 is 1.08 bits per heavy atom. The molecule has 0 heterocycles. The fourth-order valence-electron chi connectivity index (χ4n) is 0.869. The number of primary amides is 1. The van der Waals surface area contributed by atoms with Gasteiger partial charge in [0.05, 0.1) is 0 Å². The second-order valence-corrected chi connectivity index (χ2v) is 2.50. The summed E-state index contributed by atoms with van der Waals surface area (Å²) in [6.45, 7) is 1.47. The van der Waals surface area contributed by atoms with Crippen molar-refractivity contribution in [2.45, 2.75) is 6.92 Å². The van der Waals surface area contributed by atoms with Crippen LogP contribution in [0, 0.1) is 0 Å². The maximum Gasteiger partial charge on any atom is 0.248 e. The van der Waals surface area contributed by atoms with Crippen LogP contribution in [-0.2, 0) is 0 Å². The summed E-state index contributed by atoms with van der Waals surface area (Å²) in [5.74, 6) is -0.504. The zero-order valence-electron chi connectivity index (χ0n) is 6.70. The standard InChI is InChI=1S/C9H9NO2/c1-6(11)7-2-4-8(5-3-7)9(10)12/h2-5H,1H3,(H2,10,12). The zero-order chi connectivity index (χ0) is 9.14. The van der Waals surface area contributed by atoms with Crippen molar-refractivity contribution in [2.24, 2.45) is 5.73 Å². The molecule has 0 aliphatic carbocycles. The Balaban J connectivity index is 3.01. The summed E-state index contributed by atoms with van der Waals surface area (Å²) in [6, 6.07) is 6.25. The van der Waals surface area contributed by atoms with E-state index in [1.165, 1.54) is 6.92 Å². The van der Waals surface area contributed by atoms with Crippen molar-refractivity contribution in [3.8, 4) is 0 Å². The molecule has 0 saturated carbocycles. The molecule has 3 nitrogen and oxygen atoms in total. The molecule has 3 heteroatoms. The molecule has 0 spiro atoms. The molecule has 0 atom stereocenters. The highest BCUT2D eigenvalue weighted by atomic mass is 16.1. The zero-order valence-corrected chi connectivity index (χ0v) is 6.70. The van der Waals surface area contributed by atoms with E-state index < -0.39 is 5.91 Å². The van der Waals surface area contributed by atoms with Crippen LogP contribution in [0.15, 0.2) is 24.3 Å². The molecule has 0 unspecified atom stereocenters. The minimum Gasteiger partial charge on any atom is -0.366 e. The number of amides is 1. The van der Waals surface area contributed by atoms with E-state index in [4.69, 9.17) is 5.73 Å². The Bertz CT molecular complexity index is 281. The summed E-state index contributed by atoms with van der Waals surface area (Å²) < 4.78 is 0. The molecule has 1 aromatic carbocycles. The van der Waals surface area contributed by atoms with Gasteiger partial charge in [-0.05, 0) is 19.1 Å². The van der Waals surface area contributed by atoms with E-state index in [1.807, 2.05) is 0 Å². The largest absolute Gasteiger partial charge is 0.366 e. The Morgan fingerprint density at radius 3 is 1.83 bits per heavy atom. The highest BCUT2D eigenvalue weighted by Gasteiger charge is 2.01. The second kappa shape index (κ2) is 3.17. The van der Waals surface area contributed by atoms with E-state index in [9.17, 15) is 9.59 Å². The highest BCUT2D eigenvalue weighted by Crippen LogP contribution is 2.03. The Morgan fingerprint density at radius 2 is 1.50 bits per heavy atom. The Labute approximate surface area is 70.2 Å². The number of carbonyl (C=O) groups excluding carboxylic acids is 2. The molecule has 0 fully saturated rings. The average Bonchev–Trinajstić information content (AvgIpc) is 2.04. The first-order valence-electron chi connectivity index (χ1n) is 3.52. The number of benzene rings is 1. The highest BCUT2D eigenvalue weighted by molar-refractivity contribution is 5.97. The average molecular weight is 163 g/mol. The monoisotopic (exact) mass is 163 g/mol. The van der Waals surface area contributed by atoms with Gasteiger partial charge in [-0.3, -0.25) is 9.59 Å². The van der Waals surface area contributed by atoms with Gasteiger partial charge in [-0.2, -0.15) is 0 Å². The van der Waals surface area contributed by atoms with Gasteiger partial charge in [-0.1, -0.05) is 12.1 Å². The minimum atomic E-state index is -0.481. The molecule has 1 amide bonds. The SMILES string of the molecule is CC(=O)c1ccc(C(N)=O)cc1. The second-order valence-electron chi connectivity index (χ2n) is 2.50. The van der Waals surface area contributed by atoms with E-state index in [0.29, 0.717) is 11.1 Å². The molecule has 12 heavy (non-hydrogen) atoms. The Hall–Kier alpha value is -1.64. The maximum absolute atomic E-state index is 10.8. The summed E-state index contributed by atoms with van der Waals surface area (Å²) in [5.41, 5.74) is 6.02. The lowest BCUT2D eigenvalue weighted by molar-refractivity contribution is 0.0993. The summed E-state index contributed by atoms with van der Waals surface area (Å²) in [5, 5.41) is 0. The van der Waals surface area contributed by atoms with Crippen molar-refractivity contribution < 1.29 is 9.59 Å². The number of hydrogen-bond donors (Lipinski definition) is 1. The predicted molar refractivity (Wildman–Crippen MR) is 45.0 cm³/mol. The van der Waals surface area contributed by atoms with Crippen molar-refractivity contribution in [3.05, 3.63) is 35.4 Å². The lowest BCUT2D eigenvalue weighted by Gasteiger charge is -1.96. The first-order valence-corrected chi connectivity index (χ1v) is 3.52. The van der Waals surface area contributed by atoms with Crippen molar-refractivity contribution in [1.82, 2.24) is 0 Å². The minimum absolute atomic E-state index is 0.0222. The third-order valence-electron chi connectivity index (χ3n) is 1.58. The molecule has 0 radical (unpaired) electrons. The molecule has 0 aliphatic rings. The van der Waals surface area contributed by atoms with Crippen LogP contribution in [0.2, 0.25) is 0 Å². The smallest absolute Gasteiger partial charge is 0.248 e. The van der Waals surface area contributed by atoms with Gasteiger partial charge in [0, 0.05) is 11.1 Å². The molecule has 2 N–H and O–H groups in total. The van der Waals surface area contributed by atoms with Gasteiger partial charge in [0.15, 0.2) is 5.78 Å². The van der Waals surface area contributed by atoms with E-state index in [0.717, 1.165) is 0 Å². The van der Waals surface area contributed by atoms with Gasteiger partial charge < -0.3 is 5.73 Å². The molecule has 0 bridgehead atoms. The molecular weight excluding hydrogens is 154 g/mol. The van der Waals surface area contributed by atoms with Crippen LogP contribution in [0.4, 0.5) is 0 Å². The van der Waals surface area contributed by atoms with Crippen LogP contribution in [0.25, 0.3) is 0 Å². The molecule has 1 aromatic rings. The van der Waals surface area contributed by atoms with E-state index >= 15 is 0 Å². The van der Waals surface area contributed by atoms with Crippen LogP contribution < -0.4 is 5.73 Å². The lowest BCUT2D eigenvalue weighted by Crippen LogP contribution is -2.10. The molecule has 0 aliphatic heterocycles. The summed E-state index contributed by atoms with van der Waals surface area (Å²) in [6.07, 6.45) is 0. The molecular formula is C9H9NO2. The first-order chi connectivity index (χ1) is 5.61. The third-order valence-corrected chi connectivity index (χ3v) is 1.58. The number of rotatable bonds is 2. The Kier molecular flexibility index (Phi) is 2.24. The summed E-state index contributed by atoms with van der Waals surface area (Å²) in [4.78, 5) is 21.4. The maximum atomic E-state index is 10.8. The lowest BCUT2D eigenvalue weighted by atomic mass is 10.1. The fourth-order valence-corrected chi connectivity index (χ4v) is 0.869. The molecule has 0 aromatic heterocycles. The van der Waals surface area contributed by atoms with Gasteiger partial charge in [-0.15, -0.1) is 0 Å². The van der Waals surface area contributed by atoms with E-state index in [1.54, 1.807) is 24.3 Å². The predicted octanol–water partition coefficient (Wildman–Crippen LogP) is 0.988. The van der Waals surface area contributed by atoms with Crippen molar-refractivity contribution in [2.75, 3.05) is 0 Å². The number of nitrogens with two attached hydrogens (primary N) is 1. The normalized spacial score (nSPS) is 9.42. The van der Waals surface area contributed by atoms with Gasteiger partial charge in [-0.25, -0.2) is 0 Å². The summed E-state index contributed by atoms with van der Waals surface area (Å²) in [7, 11) is 0. The van der Waals surface area contributed by atoms with Gasteiger partial charge in [0.25, 0.3) is 0 Å². The van der Waals surface area contributed by atoms with Crippen LogP contribution in [0.3, 0.4) is 0 Å². The fraction of sp³-hybridized carbons (Fsp3) is 0.111. The first kappa shape index (κ1) is 8.46. The van der Waals surface area contributed by atoms with Crippen LogP contribution in [0.5, 0.6) is 0 Å².